The van der Waals surface area contributed by atoms with E-state index in [1.54, 1.807) is 0 Å². The summed E-state index contributed by atoms with van der Waals surface area (Å²) in [6, 6.07) is 9.73. The lowest BCUT2D eigenvalue weighted by Gasteiger charge is -2.16. The second kappa shape index (κ2) is 7.00. The second-order valence-electron chi connectivity index (χ2n) is 4.68. The molecule has 0 bridgehead atoms. The molecule has 1 aliphatic heterocycles. The first-order valence-electron chi connectivity index (χ1n) is 6.29. The highest BCUT2D eigenvalue weighted by atomic mass is 35.5. The molecule has 0 aromatic heterocycles. The van der Waals surface area contributed by atoms with E-state index in [4.69, 9.17) is 0 Å². The molecule has 1 heterocycles. The number of hydrogen-bond donors (Lipinski definition) is 1. The summed E-state index contributed by atoms with van der Waals surface area (Å²) < 4.78 is 0. The van der Waals surface area contributed by atoms with Gasteiger partial charge < -0.3 is 5.32 Å². The van der Waals surface area contributed by atoms with Crippen molar-refractivity contribution >= 4 is 12.4 Å². The average molecular weight is 255 g/mol. The van der Waals surface area contributed by atoms with Crippen molar-refractivity contribution in [1.29, 1.82) is 0 Å². The lowest BCUT2D eigenvalue weighted by atomic mass is 10.1. The van der Waals surface area contributed by atoms with Gasteiger partial charge in [-0.1, -0.05) is 31.2 Å². The van der Waals surface area contributed by atoms with Crippen molar-refractivity contribution in [2.45, 2.75) is 32.4 Å². The molecule has 1 aliphatic rings. The molecule has 1 saturated heterocycles. The van der Waals surface area contributed by atoms with Gasteiger partial charge in [0.2, 0.25) is 0 Å². The predicted octanol–water partition coefficient (Wildman–Crippen LogP) is 2.46. The summed E-state index contributed by atoms with van der Waals surface area (Å²) in [5.41, 5.74) is 2.87. The monoisotopic (exact) mass is 254 g/mol. The minimum atomic E-state index is 0. The smallest absolute Gasteiger partial charge is 0.0234 e. The number of nitrogens with zero attached hydrogens (tertiary/aromatic N) is 1. The Kier molecular flexibility index (Phi) is 5.96. The summed E-state index contributed by atoms with van der Waals surface area (Å²) in [5, 5.41) is 3.36. The largest absolute Gasteiger partial charge is 0.316 e. The minimum absolute atomic E-state index is 0. The maximum absolute atomic E-state index is 3.36. The quantitative estimate of drug-likeness (QED) is 0.888. The van der Waals surface area contributed by atoms with Gasteiger partial charge in [0.25, 0.3) is 0 Å². The van der Waals surface area contributed by atoms with Crippen molar-refractivity contribution in [1.82, 2.24) is 10.2 Å². The lowest BCUT2D eigenvalue weighted by Crippen LogP contribution is -2.29. The van der Waals surface area contributed by atoms with Gasteiger partial charge in [0.15, 0.2) is 0 Å². The SMILES string of the molecule is CCc1ccc(CN2CCC(NC)C2)cc1.Cl. The fourth-order valence-corrected chi connectivity index (χ4v) is 2.35. The lowest BCUT2D eigenvalue weighted by molar-refractivity contribution is 0.322. The highest BCUT2D eigenvalue weighted by molar-refractivity contribution is 5.85. The number of rotatable bonds is 4. The van der Waals surface area contributed by atoms with Crippen molar-refractivity contribution in [2.75, 3.05) is 20.1 Å². The second-order valence-corrected chi connectivity index (χ2v) is 4.68. The third-order valence-electron chi connectivity index (χ3n) is 3.52. The molecule has 2 nitrogen and oxygen atoms in total. The molecular formula is C14H23ClN2. The molecule has 1 unspecified atom stereocenters. The summed E-state index contributed by atoms with van der Waals surface area (Å²) >= 11 is 0. The van der Waals surface area contributed by atoms with Crippen molar-refractivity contribution in [3.63, 3.8) is 0 Å². The number of likely N-dealkylation sites (tertiary alicyclic amines) is 1. The Bertz CT molecular complexity index is 323. The van der Waals surface area contributed by atoms with E-state index in [1.165, 1.54) is 30.6 Å². The normalized spacial score (nSPS) is 20.2. The van der Waals surface area contributed by atoms with Crippen LogP contribution in [0.2, 0.25) is 0 Å². The molecule has 1 N–H and O–H groups in total. The van der Waals surface area contributed by atoms with Crippen LogP contribution in [0.25, 0.3) is 0 Å². The zero-order chi connectivity index (χ0) is 11.4. The molecule has 0 radical (unpaired) electrons. The number of aryl methyl sites for hydroxylation is 1. The molecule has 1 atom stereocenters. The predicted molar refractivity (Wildman–Crippen MR) is 75.8 cm³/mol. The number of hydrogen-bond acceptors (Lipinski definition) is 2. The van der Waals surface area contributed by atoms with Crippen LogP contribution in [0.15, 0.2) is 24.3 Å². The van der Waals surface area contributed by atoms with Crippen LogP contribution in [0.4, 0.5) is 0 Å². The van der Waals surface area contributed by atoms with Gasteiger partial charge in [0.05, 0.1) is 0 Å². The Morgan fingerprint density at radius 3 is 2.41 bits per heavy atom. The van der Waals surface area contributed by atoms with Gasteiger partial charge in [-0.05, 0) is 31.0 Å². The molecule has 0 amide bonds. The third kappa shape index (κ3) is 3.98. The Hall–Kier alpha value is -0.570. The Morgan fingerprint density at radius 2 is 1.88 bits per heavy atom. The van der Waals surface area contributed by atoms with Crippen LogP contribution in [0, 0.1) is 0 Å². The molecule has 3 heteroatoms. The highest BCUT2D eigenvalue weighted by Gasteiger charge is 2.20. The molecule has 96 valence electrons. The van der Waals surface area contributed by atoms with Gasteiger partial charge in [-0.3, -0.25) is 4.90 Å². The molecule has 17 heavy (non-hydrogen) atoms. The van der Waals surface area contributed by atoms with Crippen LogP contribution >= 0.6 is 12.4 Å². The maximum Gasteiger partial charge on any atom is 0.0234 e. The van der Waals surface area contributed by atoms with Crippen LogP contribution in [-0.2, 0) is 13.0 Å². The van der Waals surface area contributed by atoms with E-state index in [0.29, 0.717) is 6.04 Å². The van der Waals surface area contributed by atoms with Crippen LogP contribution in [0.5, 0.6) is 0 Å². The number of halogens is 1. The summed E-state index contributed by atoms with van der Waals surface area (Å²) in [6.45, 7) is 5.71. The van der Waals surface area contributed by atoms with Gasteiger partial charge >= 0.3 is 0 Å². The van der Waals surface area contributed by atoms with Crippen LogP contribution in [0.1, 0.15) is 24.5 Å². The molecule has 1 aromatic rings. The zero-order valence-electron chi connectivity index (χ0n) is 10.8. The maximum atomic E-state index is 3.36. The first-order valence-corrected chi connectivity index (χ1v) is 6.29. The molecule has 0 spiro atoms. The summed E-state index contributed by atoms with van der Waals surface area (Å²) in [4.78, 5) is 2.53. The van der Waals surface area contributed by atoms with E-state index in [1.807, 2.05) is 0 Å². The molecule has 1 aromatic carbocycles. The highest BCUT2D eigenvalue weighted by Crippen LogP contribution is 2.14. The van der Waals surface area contributed by atoms with E-state index < -0.39 is 0 Å². The molecule has 0 saturated carbocycles. The summed E-state index contributed by atoms with van der Waals surface area (Å²) in [6.07, 6.45) is 2.41. The third-order valence-corrected chi connectivity index (χ3v) is 3.52. The van der Waals surface area contributed by atoms with Crippen molar-refractivity contribution in [3.05, 3.63) is 35.4 Å². The Morgan fingerprint density at radius 1 is 1.24 bits per heavy atom. The Labute approximate surface area is 111 Å². The van der Waals surface area contributed by atoms with Gasteiger partial charge in [0, 0.05) is 25.7 Å². The number of benzene rings is 1. The summed E-state index contributed by atoms with van der Waals surface area (Å²) in [5.74, 6) is 0. The van der Waals surface area contributed by atoms with Crippen molar-refractivity contribution < 1.29 is 0 Å². The standard InChI is InChI=1S/C14H22N2.ClH/c1-3-12-4-6-13(7-5-12)10-16-9-8-14(11-16)15-2;/h4-7,14-15H,3,8-11H2,1-2H3;1H. The fraction of sp³-hybridized carbons (Fsp3) is 0.571. The van der Waals surface area contributed by atoms with E-state index in [9.17, 15) is 0 Å². The summed E-state index contributed by atoms with van der Waals surface area (Å²) in [7, 11) is 2.06. The molecule has 1 fully saturated rings. The van der Waals surface area contributed by atoms with Gasteiger partial charge in [0.1, 0.15) is 0 Å². The molecule has 2 rings (SSSR count). The average Bonchev–Trinajstić information content (AvgIpc) is 2.78. The van der Waals surface area contributed by atoms with Crippen LogP contribution in [0.3, 0.4) is 0 Å². The van der Waals surface area contributed by atoms with E-state index in [0.717, 1.165) is 13.0 Å². The van der Waals surface area contributed by atoms with Gasteiger partial charge in [-0.25, -0.2) is 0 Å². The van der Waals surface area contributed by atoms with Crippen molar-refractivity contribution in [3.8, 4) is 0 Å². The van der Waals surface area contributed by atoms with Gasteiger partial charge in [-0.2, -0.15) is 0 Å². The van der Waals surface area contributed by atoms with E-state index in [-0.39, 0.29) is 12.4 Å². The van der Waals surface area contributed by atoms with Gasteiger partial charge in [-0.15, -0.1) is 12.4 Å². The van der Waals surface area contributed by atoms with Crippen LogP contribution < -0.4 is 5.32 Å². The topological polar surface area (TPSA) is 15.3 Å². The first-order chi connectivity index (χ1) is 7.81. The fourth-order valence-electron chi connectivity index (χ4n) is 2.35. The number of nitrogens with one attached hydrogen (secondary N) is 1. The Balaban J connectivity index is 0.00000144. The molecular weight excluding hydrogens is 232 g/mol. The first kappa shape index (κ1) is 14.5. The van der Waals surface area contributed by atoms with E-state index in [2.05, 4.69) is 48.5 Å². The minimum Gasteiger partial charge on any atom is -0.316 e. The zero-order valence-corrected chi connectivity index (χ0v) is 11.6. The number of likely N-dealkylation sites (N-methyl/N-ethyl adjacent to an activating group) is 1. The van der Waals surface area contributed by atoms with Crippen LogP contribution in [-0.4, -0.2) is 31.1 Å². The molecule has 0 aliphatic carbocycles. The van der Waals surface area contributed by atoms with E-state index >= 15 is 0 Å². The van der Waals surface area contributed by atoms with Crippen molar-refractivity contribution in [2.24, 2.45) is 0 Å².